The van der Waals surface area contributed by atoms with E-state index in [2.05, 4.69) is 10.3 Å². The molecule has 0 atom stereocenters. The largest absolute Gasteiger partial charge is 0.497 e. The topological polar surface area (TPSA) is 97.8 Å². The molecule has 1 aromatic heterocycles. The van der Waals surface area contributed by atoms with Crippen molar-refractivity contribution in [3.05, 3.63) is 66.4 Å². The Bertz CT molecular complexity index is 1080. The molecule has 1 N–H and O–H groups in total. The van der Waals surface area contributed by atoms with E-state index in [1.807, 2.05) is 12.1 Å². The second kappa shape index (κ2) is 9.51. The van der Waals surface area contributed by atoms with E-state index in [0.717, 1.165) is 5.39 Å². The lowest BCUT2D eigenvalue weighted by atomic mass is 10.1. The molecule has 0 aliphatic carbocycles. The zero-order chi connectivity index (χ0) is 21.5. The van der Waals surface area contributed by atoms with Crippen molar-refractivity contribution in [1.29, 1.82) is 0 Å². The lowest BCUT2D eigenvalue weighted by Crippen LogP contribution is -2.37. The monoisotopic (exact) mass is 407 g/mol. The fourth-order valence-corrected chi connectivity index (χ4v) is 2.79. The maximum Gasteiger partial charge on any atom is 0.340 e. The third-order valence-electron chi connectivity index (χ3n) is 4.34. The highest BCUT2D eigenvalue weighted by Gasteiger charge is 2.18. The number of rotatable bonds is 7. The number of ether oxygens (including phenoxy) is 2. The van der Waals surface area contributed by atoms with Crippen LogP contribution in [-0.2, 0) is 14.3 Å². The molecular formula is C22H21N3O5. The molecule has 3 aromatic rings. The normalized spacial score (nSPS) is 10.3. The van der Waals surface area contributed by atoms with Crippen molar-refractivity contribution in [2.75, 3.05) is 32.6 Å². The fraction of sp³-hybridized carbons (Fsp3) is 0.182. The molecule has 0 aliphatic heterocycles. The van der Waals surface area contributed by atoms with Crippen molar-refractivity contribution in [2.24, 2.45) is 0 Å². The van der Waals surface area contributed by atoms with Gasteiger partial charge in [0.15, 0.2) is 6.61 Å². The van der Waals surface area contributed by atoms with E-state index in [-0.39, 0.29) is 18.0 Å². The number of aromatic nitrogens is 1. The minimum absolute atomic E-state index is 0.191. The van der Waals surface area contributed by atoms with Crippen LogP contribution in [0, 0.1) is 0 Å². The number of nitrogens with one attached hydrogen (secondary N) is 1. The van der Waals surface area contributed by atoms with Gasteiger partial charge >= 0.3 is 5.97 Å². The van der Waals surface area contributed by atoms with Crippen LogP contribution in [0.2, 0.25) is 0 Å². The summed E-state index contributed by atoms with van der Waals surface area (Å²) < 4.78 is 10.2. The molecule has 0 unspecified atom stereocenters. The zero-order valence-corrected chi connectivity index (χ0v) is 16.6. The average molecular weight is 407 g/mol. The summed E-state index contributed by atoms with van der Waals surface area (Å²) in [6.07, 6.45) is 1.58. The van der Waals surface area contributed by atoms with E-state index < -0.39 is 18.5 Å². The molecule has 0 aliphatic rings. The summed E-state index contributed by atoms with van der Waals surface area (Å²) in [6, 6.07) is 15.6. The smallest absolute Gasteiger partial charge is 0.340 e. The number of anilines is 1. The van der Waals surface area contributed by atoms with Crippen LogP contribution in [0.25, 0.3) is 10.9 Å². The number of para-hydroxylation sites is 1. The van der Waals surface area contributed by atoms with Gasteiger partial charge in [-0.2, -0.15) is 0 Å². The summed E-state index contributed by atoms with van der Waals surface area (Å²) in [6.45, 7) is -0.672. The molecule has 2 amide bonds. The van der Waals surface area contributed by atoms with Gasteiger partial charge in [-0.1, -0.05) is 24.3 Å². The number of fused-ring (bicyclic) bond motifs is 1. The molecule has 2 aromatic carbocycles. The molecule has 30 heavy (non-hydrogen) atoms. The van der Waals surface area contributed by atoms with Gasteiger partial charge in [-0.15, -0.1) is 0 Å². The molecule has 0 saturated heterocycles. The Balaban J connectivity index is 1.53. The van der Waals surface area contributed by atoms with Crippen LogP contribution in [0.1, 0.15) is 10.4 Å². The molecule has 0 fully saturated rings. The number of methoxy groups -OCH3 is 1. The number of esters is 1. The van der Waals surface area contributed by atoms with Crippen LogP contribution in [0.15, 0.2) is 60.8 Å². The van der Waals surface area contributed by atoms with Crippen LogP contribution in [0.3, 0.4) is 0 Å². The Morgan fingerprint density at radius 3 is 2.63 bits per heavy atom. The number of likely N-dealkylation sites (N-methyl/N-ethyl adjacent to an activating group) is 1. The molecule has 154 valence electrons. The Morgan fingerprint density at radius 2 is 1.83 bits per heavy atom. The van der Waals surface area contributed by atoms with Gasteiger partial charge in [-0.25, -0.2) is 4.79 Å². The standard InChI is InChI=1S/C22H21N3O5/c1-25(13-19(26)24-16-8-4-9-17(12-16)29-2)20(27)14-30-22(28)18-10-3-6-15-7-5-11-23-21(15)18/h3-12H,13-14H2,1-2H3,(H,24,26). The second-order valence-corrected chi connectivity index (χ2v) is 6.49. The van der Waals surface area contributed by atoms with Gasteiger partial charge in [-0.05, 0) is 24.3 Å². The highest BCUT2D eigenvalue weighted by Crippen LogP contribution is 2.17. The summed E-state index contributed by atoms with van der Waals surface area (Å²) in [5, 5.41) is 3.48. The van der Waals surface area contributed by atoms with Gasteiger partial charge in [0, 0.05) is 30.4 Å². The summed E-state index contributed by atoms with van der Waals surface area (Å²) in [5.74, 6) is -0.935. The van der Waals surface area contributed by atoms with Crippen LogP contribution in [-0.4, -0.2) is 55.0 Å². The van der Waals surface area contributed by atoms with Gasteiger partial charge in [0.2, 0.25) is 5.91 Å². The van der Waals surface area contributed by atoms with Crippen LogP contribution in [0.4, 0.5) is 5.69 Å². The lowest BCUT2D eigenvalue weighted by Gasteiger charge is -2.17. The van der Waals surface area contributed by atoms with E-state index in [1.165, 1.54) is 19.1 Å². The summed E-state index contributed by atoms with van der Waals surface area (Å²) in [4.78, 5) is 42.2. The molecule has 8 heteroatoms. The number of nitrogens with zero attached hydrogens (tertiary/aromatic N) is 2. The zero-order valence-electron chi connectivity index (χ0n) is 16.6. The van der Waals surface area contributed by atoms with Crippen molar-refractivity contribution < 1.29 is 23.9 Å². The summed E-state index contributed by atoms with van der Waals surface area (Å²) in [7, 11) is 2.99. The maximum atomic E-state index is 12.4. The molecular weight excluding hydrogens is 386 g/mol. The van der Waals surface area contributed by atoms with Crippen LogP contribution in [0.5, 0.6) is 5.75 Å². The first-order valence-corrected chi connectivity index (χ1v) is 9.16. The molecule has 1 heterocycles. The predicted octanol–water partition coefficient (Wildman–Crippen LogP) is 2.50. The van der Waals surface area contributed by atoms with Gasteiger partial charge in [-0.3, -0.25) is 14.6 Å². The van der Waals surface area contributed by atoms with E-state index >= 15 is 0 Å². The van der Waals surface area contributed by atoms with Gasteiger partial charge in [0.1, 0.15) is 5.75 Å². The fourth-order valence-electron chi connectivity index (χ4n) is 2.79. The number of amides is 2. The highest BCUT2D eigenvalue weighted by atomic mass is 16.5. The van der Waals surface area contributed by atoms with Crippen molar-refractivity contribution in [3.8, 4) is 5.75 Å². The van der Waals surface area contributed by atoms with E-state index in [0.29, 0.717) is 17.0 Å². The molecule has 0 bridgehead atoms. The van der Waals surface area contributed by atoms with Crippen molar-refractivity contribution >= 4 is 34.4 Å². The predicted molar refractivity (Wildman–Crippen MR) is 111 cm³/mol. The van der Waals surface area contributed by atoms with Crippen LogP contribution < -0.4 is 10.1 Å². The first-order chi connectivity index (χ1) is 14.5. The minimum atomic E-state index is -0.651. The Hall–Kier alpha value is -3.94. The average Bonchev–Trinajstić information content (AvgIpc) is 2.76. The third-order valence-corrected chi connectivity index (χ3v) is 4.34. The molecule has 0 saturated carbocycles. The van der Waals surface area contributed by atoms with E-state index in [1.54, 1.807) is 48.7 Å². The highest BCUT2D eigenvalue weighted by molar-refractivity contribution is 6.03. The third kappa shape index (κ3) is 5.11. The molecule has 0 radical (unpaired) electrons. The molecule has 0 spiro atoms. The first-order valence-electron chi connectivity index (χ1n) is 9.16. The second-order valence-electron chi connectivity index (χ2n) is 6.49. The van der Waals surface area contributed by atoms with E-state index in [4.69, 9.17) is 9.47 Å². The quantitative estimate of drug-likeness (QED) is 0.605. The Kier molecular flexibility index (Phi) is 6.59. The molecule has 8 nitrogen and oxygen atoms in total. The Labute approximate surface area is 173 Å². The Morgan fingerprint density at radius 1 is 1.07 bits per heavy atom. The number of hydrogen-bond donors (Lipinski definition) is 1. The van der Waals surface area contributed by atoms with Crippen molar-refractivity contribution in [3.63, 3.8) is 0 Å². The summed E-state index contributed by atoms with van der Waals surface area (Å²) >= 11 is 0. The molecule has 3 rings (SSSR count). The van der Waals surface area contributed by atoms with Gasteiger partial charge < -0.3 is 19.7 Å². The van der Waals surface area contributed by atoms with E-state index in [9.17, 15) is 14.4 Å². The number of benzene rings is 2. The number of pyridine rings is 1. The SMILES string of the molecule is COc1cccc(NC(=O)CN(C)C(=O)COC(=O)c2cccc3cccnc23)c1. The minimum Gasteiger partial charge on any atom is -0.497 e. The summed E-state index contributed by atoms with van der Waals surface area (Å²) in [5.41, 5.74) is 1.33. The number of carbonyl (C=O) groups is 3. The maximum absolute atomic E-state index is 12.4. The number of hydrogen-bond acceptors (Lipinski definition) is 6. The van der Waals surface area contributed by atoms with Crippen LogP contribution >= 0.6 is 0 Å². The first kappa shape index (κ1) is 20.8. The number of carbonyl (C=O) groups excluding carboxylic acids is 3. The van der Waals surface area contributed by atoms with Gasteiger partial charge in [0.05, 0.1) is 24.7 Å². The van der Waals surface area contributed by atoms with Crippen molar-refractivity contribution in [1.82, 2.24) is 9.88 Å². The van der Waals surface area contributed by atoms with Crippen molar-refractivity contribution in [2.45, 2.75) is 0 Å². The van der Waals surface area contributed by atoms with Gasteiger partial charge in [0.25, 0.3) is 5.91 Å². The lowest BCUT2D eigenvalue weighted by molar-refractivity contribution is -0.136.